The van der Waals surface area contributed by atoms with E-state index < -0.39 is 0 Å². The van der Waals surface area contributed by atoms with Crippen LogP contribution in [0.5, 0.6) is 5.75 Å². The molecule has 1 atom stereocenters. The fraction of sp³-hybridized carbons (Fsp3) is 0.348. The Hall–Kier alpha value is -2.80. The first-order valence-corrected chi connectivity index (χ1v) is 11.0. The van der Waals surface area contributed by atoms with Gasteiger partial charge in [-0.25, -0.2) is 0 Å². The number of thioether (sulfide) groups is 1. The Morgan fingerprint density at radius 3 is 2.57 bits per heavy atom. The highest BCUT2D eigenvalue weighted by Crippen LogP contribution is 2.28. The van der Waals surface area contributed by atoms with E-state index in [4.69, 9.17) is 4.74 Å². The van der Waals surface area contributed by atoms with Gasteiger partial charge in [0, 0.05) is 18.7 Å². The summed E-state index contributed by atoms with van der Waals surface area (Å²) in [6, 6.07) is 16.0. The van der Waals surface area contributed by atoms with Crippen LogP contribution >= 0.6 is 11.8 Å². The molecule has 3 rings (SSSR count). The molecule has 0 aliphatic heterocycles. The minimum atomic E-state index is -0.264. The highest BCUT2D eigenvalue weighted by atomic mass is 32.2. The molecule has 0 saturated heterocycles. The van der Waals surface area contributed by atoms with Crippen LogP contribution in [0.3, 0.4) is 0 Å². The van der Waals surface area contributed by atoms with Crippen LogP contribution in [0.1, 0.15) is 25.0 Å². The zero-order chi connectivity index (χ0) is 21.5. The van der Waals surface area contributed by atoms with Crippen LogP contribution in [0.25, 0.3) is 11.4 Å². The summed E-state index contributed by atoms with van der Waals surface area (Å²) >= 11 is 1.44. The van der Waals surface area contributed by atoms with Gasteiger partial charge in [0.2, 0.25) is 5.91 Å². The molecule has 1 amide bonds. The molecule has 6 nitrogen and oxygen atoms in total. The lowest BCUT2D eigenvalue weighted by Gasteiger charge is -2.13. The molecule has 0 bridgehead atoms. The fourth-order valence-corrected chi connectivity index (χ4v) is 4.10. The minimum Gasteiger partial charge on any atom is -0.497 e. The molecule has 158 valence electrons. The SMILES string of the molecule is CCn1c(S[C@H](C)C(=O)NCCc2ccc(OC)cc2)nnc1-c1ccccc1C. The zero-order valence-electron chi connectivity index (χ0n) is 17.9. The number of benzene rings is 2. The summed E-state index contributed by atoms with van der Waals surface area (Å²) in [6.45, 7) is 7.36. The number of rotatable bonds is 9. The topological polar surface area (TPSA) is 69.0 Å². The van der Waals surface area contributed by atoms with E-state index in [-0.39, 0.29) is 11.2 Å². The number of methoxy groups -OCH3 is 1. The number of nitrogens with zero attached hydrogens (tertiary/aromatic N) is 3. The third-order valence-corrected chi connectivity index (χ3v) is 6.02. The Kier molecular flexibility index (Phi) is 7.52. The molecule has 0 radical (unpaired) electrons. The van der Waals surface area contributed by atoms with E-state index in [1.807, 2.05) is 43.3 Å². The summed E-state index contributed by atoms with van der Waals surface area (Å²) in [5.74, 6) is 1.67. The van der Waals surface area contributed by atoms with Gasteiger partial charge in [-0.15, -0.1) is 10.2 Å². The molecule has 0 aliphatic carbocycles. The van der Waals surface area contributed by atoms with Crippen LogP contribution in [-0.2, 0) is 17.8 Å². The van der Waals surface area contributed by atoms with Crippen molar-refractivity contribution in [3.05, 3.63) is 59.7 Å². The number of aromatic nitrogens is 3. The maximum atomic E-state index is 12.6. The van der Waals surface area contributed by atoms with Crippen LogP contribution in [0.2, 0.25) is 0 Å². The predicted octanol–water partition coefficient (Wildman–Crippen LogP) is 4.12. The van der Waals surface area contributed by atoms with Crippen molar-refractivity contribution in [3.8, 4) is 17.1 Å². The number of carbonyl (C=O) groups is 1. The van der Waals surface area contributed by atoms with Crippen molar-refractivity contribution in [1.29, 1.82) is 0 Å². The fourth-order valence-electron chi connectivity index (χ4n) is 3.16. The van der Waals surface area contributed by atoms with Gasteiger partial charge in [-0.3, -0.25) is 4.79 Å². The number of ether oxygens (including phenoxy) is 1. The quantitative estimate of drug-likeness (QED) is 0.523. The smallest absolute Gasteiger partial charge is 0.233 e. The van der Waals surface area contributed by atoms with Gasteiger partial charge >= 0.3 is 0 Å². The van der Waals surface area contributed by atoms with Crippen LogP contribution in [0.15, 0.2) is 53.7 Å². The van der Waals surface area contributed by atoms with Gasteiger partial charge in [-0.05, 0) is 50.5 Å². The molecule has 2 aromatic carbocycles. The number of nitrogens with one attached hydrogen (secondary N) is 1. The Morgan fingerprint density at radius 2 is 1.90 bits per heavy atom. The van der Waals surface area contributed by atoms with E-state index in [0.29, 0.717) is 6.54 Å². The van der Waals surface area contributed by atoms with E-state index in [0.717, 1.165) is 46.4 Å². The van der Waals surface area contributed by atoms with E-state index in [2.05, 4.69) is 46.1 Å². The molecule has 3 aromatic rings. The molecule has 30 heavy (non-hydrogen) atoms. The third kappa shape index (κ3) is 5.21. The summed E-state index contributed by atoms with van der Waals surface area (Å²) in [5.41, 5.74) is 3.38. The van der Waals surface area contributed by atoms with Gasteiger partial charge in [-0.2, -0.15) is 0 Å². The Labute approximate surface area is 182 Å². The summed E-state index contributed by atoms with van der Waals surface area (Å²) in [5, 5.41) is 12.3. The second kappa shape index (κ2) is 10.3. The van der Waals surface area contributed by atoms with Gasteiger partial charge in [0.1, 0.15) is 5.75 Å². The molecule has 0 spiro atoms. The second-order valence-electron chi connectivity index (χ2n) is 7.01. The van der Waals surface area contributed by atoms with Crippen molar-refractivity contribution < 1.29 is 9.53 Å². The van der Waals surface area contributed by atoms with E-state index in [9.17, 15) is 4.79 Å². The lowest BCUT2D eigenvalue weighted by atomic mass is 10.1. The van der Waals surface area contributed by atoms with Crippen LogP contribution in [0.4, 0.5) is 0 Å². The average Bonchev–Trinajstić information content (AvgIpc) is 3.16. The molecule has 7 heteroatoms. The molecule has 1 aromatic heterocycles. The lowest BCUT2D eigenvalue weighted by Crippen LogP contribution is -2.32. The van der Waals surface area contributed by atoms with Crippen molar-refractivity contribution in [3.63, 3.8) is 0 Å². The number of hydrogen-bond donors (Lipinski definition) is 1. The van der Waals surface area contributed by atoms with Crippen molar-refractivity contribution in [2.75, 3.05) is 13.7 Å². The van der Waals surface area contributed by atoms with Crippen molar-refractivity contribution in [1.82, 2.24) is 20.1 Å². The normalized spacial score (nSPS) is 11.9. The zero-order valence-corrected chi connectivity index (χ0v) is 18.7. The summed E-state index contributed by atoms with van der Waals surface area (Å²) in [6.07, 6.45) is 0.774. The number of amides is 1. The van der Waals surface area contributed by atoms with Crippen molar-refractivity contribution in [2.45, 2.75) is 44.1 Å². The van der Waals surface area contributed by atoms with Crippen molar-refractivity contribution in [2.24, 2.45) is 0 Å². The van der Waals surface area contributed by atoms with Crippen LogP contribution in [0, 0.1) is 6.92 Å². The highest BCUT2D eigenvalue weighted by Gasteiger charge is 2.20. The minimum absolute atomic E-state index is 0.00314. The van der Waals surface area contributed by atoms with Gasteiger partial charge < -0.3 is 14.6 Å². The van der Waals surface area contributed by atoms with Crippen LogP contribution in [-0.4, -0.2) is 39.6 Å². The van der Waals surface area contributed by atoms with Crippen molar-refractivity contribution >= 4 is 17.7 Å². The maximum Gasteiger partial charge on any atom is 0.233 e. The molecule has 0 unspecified atom stereocenters. The second-order valence-corrected chi connectivity index (χ2v) is 8.32. The monoisotopic (exact) mass is 424 g/mol. The van der Waals surface area contributed by atoms with E-state index in [1.54, 1.807) is 7.11 Å². The first kappa shape index (κ1) is 21.9. The Bertz CT molecular complexity index is 985. The Balaban J connectivity index is 1.59. The maximum absolute atomic E-state index is 12.6. The molecule has 0 saturated carbocycles. The van der Waals surface area contributed by atoms with E-state index in [1.165, 1.54) is 11.8 Å². The molecule has 0 aliphatic rings. The first-order valence-electron chi connectivity index (χ1n) is 10.1. The molecular formula is C23H28N4O2S. The standard InChI is InChI=1S/C23H28N4O2S/c1-5-27-21(20-9-7-6-8-16(20)2)25-26-23(27)30-17(3)22(28)24-15-14-18-10-12-19(29-4)13-11-18/h6-13,17H,5,14-15H2,1-4H3,(H,24,28)/t17-/m1/s1. The van der Waals surface area contributed by atoms with Crippen LogP contribution < -0.4 is 10.1 Å². The highest BCUT2D eigenvalue weighted by molar-refractivity contribution is 8.00. The van der Waals surface area contributed by atoms with Gasteiger partial charge in [0.25, 0.3) is 0 Å². The predicted molar refractivity (Wildman–Crippen MR) is 121 cm³/mol. The molecule has 1 N–H and O–H groups in total. The van der Waals surface area contributed by atoms with Gasteiger partial charge in [0.05, 0.1) is 12.4 Å². The summed E-state index contributed by atoms with van der Waals surface area (Å²) in [7, 11) is 1.65. The van der Waals surface area contributed by atoms with E-state index >= 15 is 0 Å². The van der Waals surface area contributed by atoms with Gasteiger partial charge in [-0.1, -0.05) is 48.2 Å². The number of hydrogen-bond acceptors (Lipinski definition) is 5. The molecular weight excluding hydrogens is 396 g/mol. The summed E-state index contributed by atoms with van der Waals surface area (Å²) in [4.78, 5) is 12.6. The molecule has 1 heterocycles. The summed E-state index contributed by atoms with van der Waals surface area (Å²) < 4.78 is 7.23. The Morgan fingerprint density at radius 1 is 1.17 bits per heavy atom. The molecule has 0 fully saturated rings. The average molecular weight is 425 g/mol. The first-order chi connectivity index (χ1) is 14.5. The number of aryl methyl sites for hydroxylation is 1. The van der Waals surface area contributed by atoms with Gasteiger partial charge in [0.15, 0.2) is 11.0 Å². The third-order valence-electron chi connectivity index (χ3n) is 4.94. The largest absolute Gasteiger partial charge is 0.497 e. The number of carbonyl (C=O) groups excluding carboxylic acids is 1. The lowest BCUT2D eigenvalue weighted by molar-refractivity contribution is -0.120.